The Balaban J connectivity index is 1.81. The molecule has 0 aliphatic carbocycles. The lowest BCUT2D eigenvalue weighted by Crippen LogP contribution is -2.19. The van der Waals surface area contributed by atoms with Crippen LogP contribution >= 0.6 is 22.6 Å². The number of carbonyl (C=O) groups excluding carboxylic acids is 1. The maximum absolute atomic E-state index is 12.7. The third-order valence-corrected chi connectivity index (χ3v) is 6.52. The number of nitro benzene ring substituents is 1. The molecule has 3 rings (SSSR count). The topological polar surface area (TPSA) is 137 Å². The number of nitro groups is 1. The first-order valence-electron chi connectivity index (χ1n) is 9.58. The van der Waals surface area contributed by atoms with Crippen molar-refractivity contribution in [1.29, 1.82) is 0 Å². The summed E-state index contributed by atoms with van der Waals surface area (Å²) in [5, 5.41) is 14.9. The Kier molecular flexibility index (Phi) is 7.83. The minimum atomic E-state index is -4.10. The monoisotopic (exact) mass is 595 g/mol. The van der Waals surface area contributed by atoms with Crippen molar-refractivity contribution in [2.45, 2.75) is 11.8 Å². The number of para-hydroxylation sites is 1. The van der Waals surface area contributed by atoms with Crippen LogP contribution < -0.4 is 14.3 Å². The van der Waals surface area contributed by atoms with Gasteiger partial charge in [0.05, 0.1) is 21.8 Å². The van der Waals surface area contributed by atoms with Crippen molar-refractivity contribution in [2.24, 2.45) is 5.10 Å². The fourth-order valence-corrected chi connectivity index (χ4v) is 4.65. The van der Waals surface area contributed by atoms with Crippen LogP contribution in [-0.2, 0) is 10.1 Å². The van der Waals surface area contributed by atoms with Crippen LogP contribution in [0.3, 0.4) is 0 Å². The number of hydrogen-bond donors (Lipinski definition) is 1. The lowest BCUT2D eigenvalue weighted by atomic mass is 10.2. The van der Waals surface area contributed by atoms with E-state index < -0.39 is 20.9 Å². The van der Waals surface area contributed by atoms with Crippen LogP contribution in [0.2, 0.25) is 0 Å². The number of carbonyl (C=O) groups is 1. The Morgan fingerprint density at radius 2 is 1.82 bits per heavy atom. The van der Waals surface area contributed by atoms with Crippen molar-refractivity contribution in [2.75, 3.05) is 7.11 Å². The highest BCUT2D eigenvalue weighted by Gasteiger charge is 2.22. The summed E-state index contributed by atoms with van der Waals surface area (Å²) < 4.78 is 36.4. The number of aryl methyl sites for hydroxylation is 1. The molecule has 0 aliphatic rings. The van der Waals surface area contributed by atoms with E-state index in [-0.39, 0.29) is 27.6 Å². The number of amides is 1. The Bertz CT molecular complexity index is 1370. The largest absolute Gasteiger partial charge is 0.493 e. The van der Waals surface area contributed by atoms with Crippen LogP contribution in [0.15, 0.2) is 70.7 Å². The number of methoxy groups -OCH3 is 1. The summed E-state index contributed by atoms with van der Waals surface area (Å²) in [7, 11) is -2.74. The minimum absolute atomic E-state index is 0.000639. The SMILES string of the molecule is COc1cc(/C=N\NC(=O)c2ccccc2[N+](=O)[O-])cc(I)c1OS(=O)(=O)c1ccc(C)cc1. The van der Waals surface area contributed by atoms with Crippen molar-refractivity contribution in [1.82, 2.24) is 5.43 Å². The molecule has 0 radical (unpaired) electrons. The molecule has 0 saturated carbocycles. The minimum Gasteiger partial charge on any atom is -0.493 e. The Morgan fingerprint density at radius 1 is 1.15 bits per heavy atom. The first-order chi connectivity index (χ1) is 16.1. The number of ether oxygens (including phenoxy) is 1. The summed E-state index contributed by atoms with van der Waals surface area (Å²) in [6.45, 7) is 1.84. The zero-order chi connectivity index (χ0) is 24.9. The molecule has 12 heteroatoms. The molecule has 1 amide bonds. The quantitative estimate of drug-likeness (QED) is 0.136. The summed E-state index contributed by atoms with van der Waals surface area (Å²) in [5.74, 6) is -0.617. The number of hydrazone groups is 1. The highest BCUT2D eigenvalue weighted by atomic mass is 127. The molecule has 0 saturated heterocycles. The van der Waals surface area contributed by atoms with Crippen LogP contribution in [0.4, 0.5) is 5.69 Å². The molecule has 0 bridgehead atoms. The zero-order valence-electron chi connectivity index (χ0n) is 17.9. The highest BCUT2D eigenvalue weighted by Crippen LogP contribution is 2.35. The number of benzene rings is 3. The van der Waals surface area contributed by atoms with Gasteiger partial charge < -0.3 is 8.92 Å². The Labute approximate surface area is 209 Å². The predicted molar refractivity (Wildman–Crippen MR) is 133 cm³/mol. The molecule has 1 N–H and O–H groups in total. The van der Waals surface area contributed by atoms with Crippen LogP contribution in [0.5, 0.6) is 11.5 Å². The smallest absolute Gasteiger partial charge is 0.339 e. The van der Waals surface area contributed by atoms with Crippen LogP contribution in [0, 0.1) is 20.6 Å². The Morgan fingerprint density at radius 3 is 2.47 bits per heavy atom. The molecule has 176 valence electrons. The summed E-state index contributed by atoms with van der Waals surface area (Å²) in [5.41, 5.74) is 3.12. The standard InChI is InChI=1S/C22H18IN3O7S/c1-14-7-9-16(10-8-14)34(30,31)33-21-18(23)11-15(12-20(21)32-2)13-24-25-22(27)17-5-3-4-6-19(17)26(28)29/h3-13H,1-2H3,(H,25,27)/b24-13-. The molecule has 0 fully saturated rings. The second-order valence-corrected chi connectivity index (χ2v) is 9.57. The molecule has 10 nitrogen and oxygen atoms in total. The van der Waals surface area contributed by atoms with Crippen molar-refractivity contribution in [3.05, 3.63) is 91.0 Å². The van der Waals surface area contributed by atoms with Gasteiger partial charge in [0.1, 0.15) is 10.5 Å². The molecular weight excluding hydrogens is 577 g/mol. The van der Waals surface area contributed by atoms with E-state index in [1.807, 2.05) is 29.5 Å². The van der Waals surface area contributed by atoms with Gasteiger partial charge >= 0.3 is 10.1 Å². The van der Waals surface area contributed by atoms with Crippen molar-refractivity contribution in [3.63, 3.8) is 0 Å². The maximum atomic E-state index is 12.7. The van der Waals surface area contributed by atoms with Crippen LogP contribution in [-0.4, -0.2) is 32.6 Å². The molecule has 0 spiro atoms. The van der Waals surface area contributed by atoms with Gasteiger partial charge in [-0.15, -0.1) is 0 Å². The summed E-state index contributed by atoms with van der Waals surface area (Å²) in [4.78, 5) is 22.7. The Hall–Kier alpha value is -3.52. The lowest BCUT2D eigenvalue weighted by Gasteiger charge is -2.13. The molecule has 0 atom stereocenters. The van der Waals surface area contributed by atoms with E-state index in [9.17, 15) is 23.3 Å². The van der Waals surface area contributed by atoms with Crippen LogP contribution in [0.1, 0.15) is 21.5 Å². The number of rotatable bonds is 8. The molecule has 0 unspecified atom stereocenters. The van der Waals surface area contributed by atoms with Gasteiger partial charge in [0.15, 0.2) is 11.5 Å². The van der Waals surface area contributed by atoms with Gasteiger partial charge in [0, 0.05) is 6.07 Å². The number of halogens is 1. The third kappa shape index (κ3) is 5.88. The van der Waals surface area contributed by atoms with E-state index >= 15 is 0 Å². The third-order valence-electron chi connectivity index (χ3n) is 4.48. The highest BCUT2D eigenvalue weighted by molar-refractivity contribution is 14.1. The second kappa shape index (κ2) is 10.6. The number of nitrogens with zero attached hydrogens (tertiary/aromatic N) is 2. The summed E-state index contributed by atoms with van der Waals surface area (Å²) in [6, 6.07) is 14.8. The summed E-state index contributed by atoms with van der Waals surface area (Å²) in [6.07, 6.45) is 1.29. The van der Waals surface area contributed by atoms with E-state index in [0.717, 1.165) is 5.56 Å². The average Bonchev–Trinajstić information content (AvgIpc) is 2.80. The molecule has 0 aliphatic heterocycles. The van der Waals surface area contributed by atoms with E-state index in [4.69, 9.17) is 8.92 Å². The zero-order valence-corrected chi connectivity index (χ0v) is 20.9. The van der Waals surface area contributed by atoms with E-state index in [2.05, 4.69) is 10.5 Å². The first-order valence-corrected chi connectivity index (χ1v) is 12.1. The number of hydrogen-bond acceptors (Lipinski definition) is 8. The molecule has 0 heterocycles. The molecule has 3 aromatic rings. The average molecular weight is 595 g/mol. The lowest BCUT2D eigenvalue weighted by molar-refractivity contribution is -0.385. The van der Waals surface area contributed by atoms with Crippen molar-refractivity contribution < 1.29 is 27.1 Å². The van der Waals surface area contributed by atoms with Gasteiger partial charge in [0.2, 0.25) is 0 Å². The van der Waals surface area contributed by atoms with Crippen LogP contribution in [0.25, 0.3) is 0 Å². The van der Waals surface area contributed by atoms with Gasteiger partial charge in [0.25, 0.3) is 11.6 Å². The first kappa shape index (κ1) is 25.1. The van der Waals surface area contributed by atoms with Gasteiger partial charge in [-0.25, -0.2) is 5.43 Å². The molecule has 3 aromatic carbocycles. The normalized spacial score (nSPS) is 11.3. The fraction of sp³-hybridized carbons (Fsp3) is 0.0909. The van der Waals surface area contributed by atoms with Gasteiger partial charge in [-0.1, -0.05) is 29.8 Å². The fourth-order valence-electron chi connectivity index (χ4n) is 2.81. The molecular formula is C22H18IN3O7S. The van der Waals surface area contributed by atoms with E-state index in [0.29, 0.717) is 9.13 Å². The van der Waals surface area contributed by atoms with Crippen molar-refractivity contribution in [3.8, 4) is 11.5 Å². The van der Waals surface area contributed by atoms with Crippen molar-refractivity contribution >= 4 is 50.5 Å². The second-order valence-electron chi connectivity index (χ2n) is 6.86. The summed E-state index contributed by atoms with van der Waals surface area (Å²) >= 11 is 1.89. The van der Waals surface area contributed by atoms with Gasteiger partial charge in [-0.05, 0) is 65.4 Å². The molecule has 0 aromatic heterocycles. The van der Waals surface area contributed by atoms with E-state index in [1.54, 1.807) is 18.2 Å². The maximum Gasteiger partial charge on any atom is 0.339 e. The predicted octanol–water partition coefficient (Wildman–Crippen LogP) is 4.05. The van der Waals surface area contributed by atoms with Gasteiger partial charge in [-0.2, -0.15) is 13.5 Å². The molecule has 34 heavy (non-hydrogen) atoms. The van der Waals surface area contributed by atoms with Gasteiger partial charge in [-0.3, -0.25) is 14.9 Å². The number of nitrogens with one attached hydrogen (secondary N) is 1. The van der Waals surface area contributed by atoms with E-state index in [1.165, 1.54) is 55.8 Å².